The zero-order valence-corrected chi connectivity index (χ0v) is 9.96. The molecule has 0 amide bonds. The van der Waals surface area contributed by atoms with E-state index in [-0.39, 0.29) is 0 Å². The Morgan fingerprint density at radius 3 is 2.60 bits per heavy atom. The molecular weight excluding hydrogens is 180 g/mol. The molecule has 0 aliphatic rings. The van der Waals surface area contributed by atoms with Crippen LogP contribution < -0.4 is 0 Å². The predicted octanol–water partition coefficient (Wildman–Crippen LogP) is 4.61. The highest BCUT2D eigenvalue weighted by Crippen LogP contribution is 2.27. The molecule has 0 saturated heterocycles. The van der Waals surface area contributed by atoms with E-state index >= 15 is 0 Å². The molecule has 0 aliphatic carbocycles. The van der Waals surface area contributed by atoms with Crippen LogP contribution in [0.5, 0.6) is 0 Å². The number of benzene rings is 1. The number of hydrogen-bond donors (Lipinski definition) is 0. The van der Waals surface area contributed by atoms with E-state index in [1.807, 2.05) is 6.08 Å². The maximum absolute atomic E-state index is 3.80. The second-order valence-corrected chi connectivity index (χ2v) is 3.98. The Hall–Kier alpha value is -1.30. The Kier molecular flexibility index (Phi) is 4.36. The van der Waals surface area contributed by atoms with Crippen LogP contribution in [-0.2, 0) is 0 Å². The Morgan fingerprint density at radius 1 is 1.40 bits per heavy atom. The number of hydrogen-bond acceptors (Lipinski definition) is 0. The van der Waals surface area contributed by atoms with Gasteiger partial charge in [0.25, 0.3) is 0 Å². The van der Waals surface area contributed by atoms with Gasteiger partial charge >= 0.3 is 0 Å². The number of allylic oxidation sites excluding steroid dienone is 3. The molecule has 0 radical (unpaired) electrons. The van der Waals surface area contributed by atoms with Crippen molar-refractivity contribution in [2.45, 2.75) is 27.2 Å². The molecule has 0 aromatic heterocycles. The van der Waals surface area contributed by atoms with Crippen molar-refractivity contribution in [3.8, 4) is 0 Å². The molecule has 15 heavy (non-hydrogen) atoms. The topological polar surface area (TPSA) is 0 Å². The third kappa shape index (κ3) is 2.82. The fraction of sp³-hybridized carbons (Fsp3) is 0.333. The second kappa shape index (κ2) is 5.55. The third-order valence-corrected chi connectivity index (χ3v) is 2.90. The first kappa shape index (κ1) is 11.8. The summed E-state index contributed by atoms with van der Waals surface area (Å²) in [5.74, 6) is 0.587. The Labute approximate surface area is 93.3 Å². The quantitative estimate of drug-likeness (QED) is 0.622. The van der Waals surface area contributed by atoms with E-state index in [1.165, 1.54) is 16.7 Å². The molecule has 0 N–H and O–H groups in total. The molecule has 0 fully saturated rings. The summed E-state index contributed by atoms with van der Waals surface area (Å²) in [5.41, 5.74) is 4.09. The van der Waals surface area contributed by atoms with Crippen LogP contribution in [0.1, 0.15) is 31.4 Å². The number of aryl methyl sites for hydroxylation is 1. The van der Waals surface area contributed by atoms with Crippen LogP contribution in [0.2, 0.25) is 0 Å². The molecule has 1 aromatic carbocycles. The largest absolute Gasteiger partial charge is 0.0991 e. The lowest BCUT2D eigenvalue weighted by molar-refractivity contribution is 0.717. The molecule has 1 rings (SSSR count). The van der Waals surface area contributed by atoms with Crippen molar-refractivity contribution in [2.24, 2.45) is 5.92 Å². The summed E-state index contributed by atoms with van der Waals surface area (Å²) in [6.45, 7) is 10.4. The molecule has 0 heterocycles. The highest BCUT2D eigenvalue weighted by Gasteiger charge is 2.09. The highest BCUT2D eigenvalue weighted by molar-refractivity contribution is 5.70. The lowest BCUT2D eigenvalue weighted by atomic mass is 9.89. The van der Waals surface area contributed by atoms with Gasteiger partial charge in [-0.15, -0.1) is 0 Å². The van der Waals surface area contributed by atoms with Crippen molar-refractivity contribution in [3.05, 3.63) is 54.1 Å². The summed E-state index contributed by atoms with van der Waals surface area (Å²) < 4.78 is 0. The molecule has 0 heteroatoms. The van der Waals surface area contributed by atoms with Gasteiger partial charge in [0, 0.05) is 0 Å². The van der Waals surface area contributed by atoms with Crippen molar-refractivity contribution in [1.82, 2.24) is 0 Å². The van der Waals surface area contributed by atoms with Crippen LogP contribution in [0.25, 0.3) is 5.57 Å². The smallest absolute Gasteiger partial charge is 0.0187 e. The third-order valence-electron chi connectivity index (χ3n) is 2.90. The first-order chi connectivity index (χ1) is 7.20. The molecule has 0 bridgehead atoms. The molecule has 0 saturated carbocycles. The van der Waals surface area contributed by atoms with Crippen molar-refractivity contribution >= 4 is 5.57 Å². The standard InChI is InChI=1S/C15H20/c1-5-9-14(12(3)6-2)15-11-8-7-10-13(15)4/h5,7-12H,1,6H2,2-4H3/b14-9-. The van der Waals surface area contributed by atoms with E-state index in [9.17, 15) is 0 Å². The van der Waals surface area contributed by atoms with Gasteiger partial charge in [-0.25, -0.2) is 0 Å². The minimum absolute atomic E-state index is 0.587. The summed E-state index contributed by atoms with van der Waals surface area (Å²) in [7, 11) is 0. The van der Waals surface area contributed by atoms with Crippen molar-refractivity contribution in [1.29, 1.82) is 0 Å². The molecule has 80 valence electrons. The minimum atomic E-state index is 0.587. The molecule has 1 aromatic rings. The van der Waals surface area contributed by atoms with E-state index in [0.717, 1.165) is 6.42 Å². The molecular formula is C15H20. The van der Waals surface area contributed by atoms with Gasteiger partial charge in [0.05, 0.1) is 0 Å². The van der Waals surface area contributed by atoms with E-state index in [0.29, 0.717) is 5.92 Å². The Bertz CT molecular complexity index is 358. The molecule has 0 aliphatic heterocycles. The van der Waals surface area contributed by atoms with Gasteiger partial charge < -0.3 is 0 Å². The number of rotatable bonds is 4. The first-order valence-electron chi connectivity index (χ1n) is 5.59. The van der Waals surface area contributed by atoms with E-state index < -0.39 is 0 Å². The molecule has 0 spiro atoms. The zero-order valence-electron chi connectivity index (χ0n) is 9.96. The average molecular weight is 200 g/mol. The van der Waals surface area contributed by atoms with Gasteiger partial charge in [0.15, 0.2) is 0 Å². The highest BCUT2D eigenvalue weighted by atomic mass is 14.1. The molecule has 1 atom stereocenters. The van der Waals surface area contributed by atoms with Gasteiger partial charge in [0.2, 0.25) is 0 Å². The lowest BCUT2D eigenvalue weighted by Crippen LogP contribution is -1.99. The maximum Gasteiger partial charge on any atom is -0.0187 e. The van der Waals surface area contributed by atoms with Crippen LogP contribution in [0.15, 0.2) is 43.0 Å². The Morgan fingerprint density at radius 2 is 2.07 bits per heavy atom. The van der Waals surface area contributed by atoms with Crippen molar-refractivity contribution in [2.75, 3.05) is 0 Å². The summed E-state index contributed by atoms with van der Waals surface area (Å²) in [6.07, 6.45) is 5.18. The van der Waals surface area contributed by atoms with Gasteiger partial charge in [-0.3, -0.25) is 0 Å². The fourth-order valence-electron chi connectivity index (χ4n) is 1.76. The summed E-state index contributed by atoms with van der Waals surface area (Å²) in [4.78, 5) is 0. The van der Waals surface area contributed by atoms with E-state index in [4.69, 9.17) is 0 Å². The Balaban J connectivity index is 3.16. The second-order valence-electron chi connectivity index (χ2n) is 3.98. The molecule has 0 nitrogen and oxygen atoms in total. The lowest BCUT2D eigenvalue weighted by Gasteiger charge is -2.16. The minimum Gasteiger partial charge on any atom is -0.0991 e. The normalized spacial score (nSPS) is 13.7. The van der Waals surface area contributed by atoms with Gasteiger partial charge in [-0.2, -0.15) is 0 Å². The van der Waals surface area contributed by atoms with E-state index in [1.54, 1.807) is 0 Å². The van der Waals surface area contributed by atoms with Gasteiger partial charge in [-0.05, 0) is 36.0 Å². The van der Waals surface area contributed by atoms with Crippen molar-refractivity contribution in [3.63, 3.8) is 0 Å². The summed E-state index contributed by atoms with van der Waals surface area (Å²) >= 11 is 0. The van der Waals surface area contributed by atoms with Crippen molar-refractivity contribution < 1.29 is 0 Å². The van der Waals surface area contributed by atoms with Crippen LogP contribution in [0, 0.1) is 12.8 Å². The van der Waals surface area contributed by atoms with Crippen LogP contribution in [0.4, 0.5) is 0 Å². The summed E-state index contributed by atoms with van der Waals surface area (Å²) in [6, 6.07) is 8.54. The summed E-state index contributed by atoms with van der Waals surface area (Å²) in [5, 5.41) is 0. The monoisotopic (exact) mass is 200 g/mol. The fourth-order valence-corrected chi connectivity index (χ4v) is 1.76. The van der Waals surface area contributed by atoms with Crippen LogP contribution in [-0.4, -0.2) is 0 Å². The molecule has 1 unspecified atom stereocenters. The van der Waals surface area contributed by atoms with Gasteiger partial charge in [-0.1, -0.05) is 56.8 Å². The zero-order chi connectivity index (χ0) is 11.3. The average Bonchev–Trinajstić information content (AvgIpc) is 2.26. The SMILES string of the molecule is C=C/C=C(\c1ccccc1C)C(C)CC. The first-order valence-corrected chi connectivity index (χ1v) is 5.59. The van der Waals surface area contributed by atoms with Crippen LogP contribution in [0.3, 0.4) is 0 Å². The van der Waals surface area contributed by atoms with Crippen LogP contribution >= 0.6 is 0 Å². The van der Waals surface area contributed by atoms with E-state index in [2.05, 4.69) is 57.7 Å². The van der Waals surface area contributed by atoms with Gasteiger partial charge in [0.1, 0.15) is 0 Å². The predicted molar refractivity (Wildman–Crippen MR) is 68.8 cm³/mol. The maximum atomic E-state index is 3.80.